The zero-order valence-electron chi connectivity index (χ0n) is 11.5. The summed E-state index contributed by atoms with van der Waals surface area (Å²) in [5, 5.41) is 0. The molecule has 2 aromatic carbocycles. The molecule has 2 nitrogen and oxygen atoms in total. The lowest BCUT2D eigenvalue weighted by Crippen LogP contribution is -2.18. The molecule has 0 aliphatic heterocycles. The van der Waals surface area contributed by atoms with Crippen LogP contribution in [0.2, 0.25) is 0 Å². The Kier molecular flexibility index (Phi) is 5.71. The minimum Gasteiger partial charge on any atom is -0.379 e. The summed E-state index contributed by atoms with van der Waals surface area (Å²) in [6.07, 6.45) is 1.92. The van der Waals surface area contributed by atoms with Gasteiger partial charge in [0.2, 0.25) is 0 Å². The first-order chi connectivity index (χ1) is 9.77. The Hall–Kier alpha value is -1.71. The van der Waals surface area contributed by atoms with Crippen molar-refractivity contribution in [3.8, 4) is 0 Å². The van der Waals surface area contributed by atoms with Crippen LogP contribution in [0.3, 0.4) is 0 Å². The van der Waals surface area contributed by atoms with E-state index in [-0.39, 0.29) is 5.82 Å². The van der Waals surface area contributed by atoms with E-state index in [4.69, 9.17) is 10.5 Å². The summed E-state index contributed by atoms with van der Waals surface area (Å²) in [4.78, 5) is 0. The molecule has 0 aliphatic carbocycles. The van der Waals surface area contributed by atoms with Crippen LogP contribution < -0.4 is 5.73 Å². The molecule has 0 bridgehead atoms. The van der Waals surface area contributed by atoms with Gasteiger partial charge in [-0.05, 0) is 24.5 Å². The number of rotatable bonds is 7. The highest BCUT2D eigenvalue weighted by Crippen LogP contribution is 2.14. The van der Waals surface area contributed by atoms with Crippen LogP contribution in [0.5, 0.6) is 0 Å². The summed E-state index contributed by atoms with van der Waals surface area (Å²) in [7, 11) is 0. The number of aryl methyl sites for hydroxylation is 1. The first-order valence-corrected chi connectivity index (χ1v) is 6.89. The third kappa shape index (κ3) is 4.44. The molecule has 2 N–H and O–H groups in total. The normalized spacial score (nSPS) is 12.3. The summed E-state index contributed by atoms with van der Waals surface area (Å²) in [5.74, 6) is -0.270. The number of hydrogen-bond acceptors (Lipinski definition) is 2. The molecule has 0 saturated heterocycles. The third-order valence-electron chi connectivity index (χ3n) is 3.20. The minimum atomic E-state index is -0.409. The summed E-state index contributed by atoms with van der Waals surface area (Å²) in [6.45, 7) is 0.979. The second-order valence-electron chi connectivity index (χ2n) is 4.79. The van der Waals surface area contributed by atoms with Gasteiger partial charge in [-0.3, -0.25) is 0 Å². The molecule has 0 fully saturated rings. The summed E-state index contributed by atoms with van der Waals surface area (Å²) >= 11 is 0. The smallest absolute Gasteiger partial charge is 0.128 e. The molecule has 1 atom stereocenters. The second-order valence-corrected chi connectivity index (χ2v) is 4.79. The van der Waals surface area contributed by atoms with Gasteiger partial charge in [-0.1, -0.05) is 48.5 Å². The Morgan fingerprint density at radius 1 is 1.00 bits per heavy atom. The molecule has 0 heterocycles. The van der Waals surface area contributed by atoms with Crippen LogP contribution in [0.4, 0.5) is 4.39 Å². The van der Waals surface area contributed by atoms with Gasteiger partial charge in [-0.25, -0.2) is 4.39 Å². The number of nitrogens with two attached hydrogens (primary N) is 1. The highest BCUT2D eigenvalue weighted by atomic mass is 19.1. The van der Waals surface area contributed by atoms with Crippen molar-refractivity contribution in [2.45, 2.75) is 18.9 Å². The molecule has 20 heavy (non-hydrogen) atoms. The zero-order valence-corrected chi connectivity index (χ0v) is 11.5. The minimum absolute atomic E-state index is 0.270. The predicted molar refractivity (Wildman–Crippen MR) is 78.9 cm³/mol. The number of halogens is 1. The lowest BCUT2D eigenvalue weighted by atomic mass is 10.1. The SMILES string of the molecule is NC(COCCCc1ccccc1)c1ccccc1F. The van der Waals surface area contributed by atoms with E-state index >= 15 is 0 Å². The van der Waals surface area contributed by atoms with E-state index in [1.54, 1.807) is 18.2 Å². The molecule has 106 valence electrons. The monoisotopic (exact) mass is 273 g/mol. The fourth-order valence-electron chi connectivity index (χ4n) is 2.10. The van der Waals surface area contributed by atoms with E-state index in [0.717, 1.165) is 12.8 Å². The van der Waals surface area contributed by atoms with Crippen LogP contribution in [-0.2, 0) is 11.2 Å². The number of hydrogen-bond donors (Lipinski definition) is 1. The Balaban J connectivity index is 1.67. The Morgan fingerprint density at radius 2 is 1.70 bits per heavy atom. The van der Waals surface area contributed by atoms with Crippen molar-refractivity contribution >= 4 is 0 Å². The average molecular weight is 273 g/mol. The van der Waals surface area contributed by atoms with Crippen LogP contribution >= 0.6 is 0 Å². The second kappa shape index (κ2) is 7.78. The fourth-order valence-corrected chi connectivity index (χ4v) is 2.10. The van der Waals surface area contributed by atoms with E-state index < -0.39 is 6.04 Å². The topological polar surface area (TPSA) is 35.2 Å². The molecule has 2 aromatic rings. The Morgan fingerprint density at radius 3 is 2.45 bits per heavy atom. The molecule has 1 unspecified atom stereocenters. The maximum Gasteiger partial charge on any atom is 0.128 e. The van der Waals surface area contributed by atoms with E-state index in [1.165, 1.54) is 11.6 Å². The molecular formula is C17H20FNO. The van der Waals surface area contributed by atoms with Crippen LogP contribution in [0.15, 0.2) is 54.6 Å². The van der Waals surface area contributed by atoms with Crippen molar-refractivity contribution < 1.29 is 9.13 Å². The van der Waals surface area contributed by atoms with Crippen molar-refractivity contribution in [3.63, 3.8) is 0 Å². The van der Waals surface area contributed by atoms with E-state index in [1.807, 2.05) is 18.2 Å². The highest BCUT2D eigenvalue weighted by Gasteiger charge is 2.10. The molecule has 0 amide bonds. The molecule has 0 saturated carbocycles. The van der Waals surface area contributed by atoms with Crippen molar-refractivity contribution in [1.82, 2.24) is 0 Å². The maximum atomic E-state index is 13.5. The fraction of sp³-hybridized carbons (Fsp3) is 0.294. The number of benzene rings is 2. The van der Waals surface area contributed by atoms with Gasteiger partial charge in [0.1, 0.15) is 5.82 Å². The number of ether oxygens (including phenoxy) is 1. The molecule has 0 radical (unpaired) electrons. The standard InChI is InChI=1S/C17H20FNO/c18-16-11-5-4-10-15(16)17(19)13-20-12-6-9-14-7-2-1-3-8-14/h1-5,7-8,10-11,17H,6,9,12-13,19H2. The van der Waals surface area contributed by atoms with Gasteiger partial charge in [-0.2, -0.15) is 0 Å². The molecule has 0 aromatic heterocycles. The first kappa shape index (κ1) is 14.7. The zero-order chi connectivity index (χ0) is 14.2. The van der Waals surface area contributed by atoms with Gasteiger partial charge in [0, 0.05) is 12.2 Å². The molecule has 2 rings (SSSR count). The van der Waals surface area contributed by atoms with Gasteiger partial charge in [0.25, 0.3) is 0 Å². The van der Waals surface area contributed by atoms with Crippen molar-refractivity contribution in [2.75, 3.05) is 13.2 Å². The molecule has 0 aliphatic rings. The highest BCUT2D eigenvalue weighted by molar-refractivity contribution is 5.20. The average Bonchev–Trinajstić information content (AvgIpc) is 2.48. The summed E-state index contributed by atoms with van der Waals surface area (Å²) in [6, 6.07) is 16.4. The lowest BCUT2D eigenvalue weighted by molar-refractivity contribution is 0.118. The largest absolute Gasteiger partial charge is 0.379 e. The van der Waals surface area contributed by atoms with Gasteiger partial charge in [0.15, 0.2) is 0 Å². The van der Waals surface area contributed by atoms with Crippen LogP contribution in [0.25, 0.3) is 0 Å². The van der Waals surface area contributed by atoms with Crippen LogP contribution in [0.1, 0.15) is 23.6 Å². The quantitative estimate of drug-likeness (QED) is 0.784. The first-order valence-electron chi connectivity index (χ1n) is 6.89. The predicted octanol–water partition coefficient (Wildman–Crippen LogP) is 3.47. The lowest BCUT2D eigenvalue weighted by Gasteiger charge is -2.13. The molecule has 0 spiro atoms. The van der Waals surface area contributed by atoms with Crippen LogP contribution in [-0.4, -0.2) is 13.2 Å². The van der Waals surface area contributed by atoms with Gasteiger partial charge in [-0.15, -0.1) is 0 Å². The van der Waals surface area contributed by atoms with E-state index in [0.29, 0.717) is 18.8 Å². The van der Waals surface area contributed by atoms with Crippen molar-refractivity contribution in [1.29, 1.82) is 0 Å². The van der Waals surface area contributed by atoms with Gasteiger partial charge >= 0.3 is 0 Å². The maximum absolute atomic E-state index is 13.5. The summed E-state index contributed by atoms with van der Waals surface area (Å²) in [5.41, 5.74) is 7.73. The van der Waals surface area contributed by atoms with Crippen LogP contribution in [0, 0.1) is 5.82 Å². The van der Waals surface area contributed by atoms with Crippen molar-refractivity contribution in [3.05, 3.63) is 71.5 Å². The Labute approximate surface area is 119 Å². The van der Waals surface area contributed by atoms with Gasteiger partial charge in [0.05, 0.1) is 12.6 Å². The van der Waals surface area contributed by atoms with E-state index in [2.05, 4.69) is 12.1 Å². The molecule has 3 heteroatoms. The van der Waals surface area contributed by atoms with E-state index in [9.17, 15) is 4.39 Å². The summed E-state index contributed by atoms with van der Waals surface area (Å²) < 4.78 is 19.0. The Bertz CT molecular complexity index is 515. The molecular weight excluding hydrogens is 253 g/mol. The van der Waals surface area contributed by atoms with Crippen molar-refractivity contribution in [2.24, 2.45) is 5.73 Å². The van der Waals surface area contributed by atoms with Gasteiger partial charge < -0.3 is 10.5 Å². The third-order valence-corrected chi connectivity index (χ3v) is 3.20.